The SMILES string of the molecule is CCOC(=O)c1ccc2c(c1)NC(=O)C2C(=Nc1ccc(CN(C)CC(=O)NC)cc1)c1ccccc1. The van der Waals surface area contributed by atoms with Crippen molar-refractivity contribution in [1.82, 2.24) is 10.2 Å². The van der Waals surface area contributed by atoms with Crippen LogP contribution in [0.5, 0.6) is 0 Å². The highest BCUT2D eigenvalue weighted by molar-refractivity contribution is 6.24. The van der Waals surface area contributed by atoms with Crippen LogP contribution in [0.4, 0.5) is 11.4 Å². The summed E-state index contributed by atoms with van der Waals surface area (Å²) >= 11 is 0. The van der Waals surface area contributed by atoms with E-state index in [-0.39, 0.29) is 18.4 Å². The van der Waals surface area contributed by atoms with Crippen molar-refractivity contribution in [2.75, 3.05) is 32.6 Å². The van der Waals surface area contributed by atoms with Gasteiger partial charge >= 0.3 is 5.97 Å². The highest BCUT2D eigenvalue weighted by Crippen LogP contribution is 2.37. The molecular formula is C29H30N4O4. The summed E-state index contributed by atoms with van der Waals surface area (Å²) in [5.74, 6) is -1.31. The Kier molecular flexibility index (Phi) is 8.10. The van der Waals surface area contributed by atoms with Gasteiger partial charge in [-0.1, -0.05) is 48.5 Å². The van der Waals surface area contributed by atoms with Crippen LogP contribution in [0.3, 0.4) is 0 Å². The van der Waals surface area contributed by atoms with Gasteiger partial charge in [-0.3, -0.25) is 19.5 Å². The van der Waals surface area contributed by atoms with E-state index in [1.807, 2.05) is 66.5 Å². The molecule has 0 aromatic heterocycles. The Morgan fingerprint density at radius 3 is 2.43 bits per heavy atom. The maximum atomic E-state index is 13.2. The first-order chi connectivity index (χ1) is 17.9. The van der Waals surface area contributed by atoms with Gasteiger partial charge in [0.05, 0.1) is 30.1 Å². The smallest absolute Gasteiger partial charge is 0.338 e. The molecule has 3 aromatic rings. The molecule has 1 aliphatic rings. The predicted octanol–water partition coefficient (Wildman–Crippen LogP) is 3.90. The molecule has 1 aliphatic heterocycles. The van der Waals surface area contributed by atoms with Crippen LogP contribution < -0.4 is 10.6 Å². The van der Waals surface area contributed by atoms with Gasteiger partial charge < -0.3 is 15.4 Å². The van der Waals surface area contributed by atoms with Crippen molar-refractivity contribution < 1.29 is 19.1 Å². The summed E-state index contributed by atoms with van der Waals surface area (Å²) in [6.07, 6.45) is 0. The number of nitrogens with one attached hydrogen (secondary N) is 2. The van der Waals surface area contributed by atoms with Crippen molar-refractivity contribution in [3.63, 3.8) is 0 Å². The van der Waals surface area contributed by atoms with Gasteiger partial charge in [0, 0.05) is 19.3 Å². The van der Waals surface area contributed by atoms with Gasteiger partial charge in [0.1, 0.15) is 5.92 Å². The van der Waals surface area contributed by atoms with Crippen molar-refractivity contribution in [1.29, 1.82) is 0 Å². The van der Waals surface area contributed by atoms with Gasteiger partial charge in [-0.15, -0.1) is 0 Å². The minimum Gasteiger partial charge on any atom is -0.462 e. The lowest BCUT2D eigenvalue weighted by atomic mass is 9.90. The Labute approximate surface area is 216 Å². The number of fused-ring (bicyclic) bond motifs is 1. The normalized spacial score (nSPS) is 14.8. The lowest BCUT2D eigenvalue weighted by Gasteiger charge is -2.16. The lowest BCUT2D eigenvalue weighted by molar-refractivity contribution is -0.121. The van der Waals surface area contributed by atoms with Crippen LogP contribution in [0, 0.1) is 0 Å². The molecule has 0 saturated heterocycles. The molecule has 0 radical (unpaired) electrons. The number of hydrogen-bond acceptors (Lipinski definition) is 6. The van der Waals surface area contributed by atoms with E-state index >= 15 is 0 Å². The van der Waals surface area contributed by atoms with E-state index in [9.17, 15) is 14.4 Å². The third-order valence-electron chi connectivity index (χ3n) is 6.07. The first-order valence-corrected chi connectivity index (χ1v) is 12.1. The second-order valence-electron chi connectivity index (χ2n) is 8.82. The molecule has 2 amide bonds. The number of hydrogen-bond donors (Lipinski definition) is 2. The molecule has 3 aromatic carbocycles. The fourth-order valence-corrected chi connectivity index (χ4v) is 4.29. The Bertz CT molecular complexity index is 1320. The molecule has 8 nitrogen and oxygen atoms in total. The summed E-state index contributed by atoms with van der Waals surface area (Å²) in [4.78, 5) is 43.8. The summed E-state index contributed by atoms with van der Waals surface area (Å²) in [7, 11) is 3.51. The van der Waals surface area contributed by atoms with E-state index < -0.39 is 11.9 Å². The van der Waals surface area contributed by atoms with Gasteiger partial charge in [-0.05, 0) is 54.9 Å². The fraction of sp³-hybridized carbons (Fsp3) is 0.241. The number of aliphatic imine (C=N–C) groups is 1. The van der Waals surface area contributed by atoms with Crippen LogP contribution in [-0.4, -0.2) is 55.6 Å². The van der Waals surface area contributed by atoms with Crippen molar-refractivity contribution >= 4 is 34.9 Å². The molecule has 8 heteroatoms. The third kappa shape index (κ3) is 6.10. The second-order valence-corrected chi connectivity index (χ2v) is 8.82. The number of benzene rings is 3. The van der Waals surface area contributed by atoms with Gasteiger partial charge in [0.2, 0.25) is 11.8 Å². The monoisotopic (exact) mass is 498 g/mol. The number of anilines is 1. The first-order valence-electron chi connectivity index (χ1n) is 12.1. The molecule has 0 aliphatic carbocycles. The molecule has 1 atom stereocenters. The number of esters is 1. The summed E-state index contributed by atoms with van der Waals surface area (Å²) in [5.41, 5.74) is 4.93. The quantitative estimate of drug-likeness (QED) is 0.344. The van der Waals surface area contributed by atoms with Gasteiger partial charge in [0.15, 0.2) is 0 Å². The topological polar surface area (TPSA) is 100 Å². The van der Waals surface area contributed by atoms with Crippen LogP contribution in [0.2, 0.25) is 0 Å². The van der Waals surface area contributed by atoms with E-state index in [0.717, 1.165) is 16.7 Å². The van der Waals surface area contributed by atoms with Gasteiger partial charge in [-0.2, -0.15) is 0 Å². The summed E-state index contributed by atoms with van der Waals surface area (Å²) in [5, 5.41) is 5.53. The van der Waals surface area contributed by atoms with E-state index in [2.05, 4.69) is 10.6 Å². The molecule has 1 heterocycles. The summed E-state index contributed by atoms with van der Waals surface area (Å²) in [6, 6.07) is 22.5. The van der Waals surface area contributed by atoms with Gasteiger partial charge in [-0.25, -0.2) is 4.79 Å². The maximum Gasteiger partial charge on any atom is 0.338 e. The number of nitrogens with zero attached hydrogens (tertiary/aromatic N) is 2. The van der Waals surface area contributed by atoms with Crippen LogP contribution in [0.25, 0.3) is 0 Å². The molecule has 2 N–H and O–H groups in total. The lowest BCUT2D eigenvalue weighted by Crippen LogP contribution is -2.32. The maximum absolute atomic E-state index is 13.2. The summed E-state index contributed by atoms with van der Waals surface area (Å²) < 4.78 is 5.10. The number of amides is 2. The van der Waals surface area contributed by atoms with Crippen LogP contribution >= 0.6 is 0 Å². The van der Waals surface area contributed by atoms with Crippen LogP contribution in [0.15, 0.2) is 77.8 Å². The van der Waals surface area contributed by atoms with Crippen molar-refractivity contribution in [2.24, 2.45) is 4.99 Å². The van der Waals surface area contributed by atoms with Crippen molar-refractivity contribution in [3.8, 4) is 0 Å². The summed E-state index contributed by atoms with van der Waals surface area (Å²) in [6.45, 7) is 2.95. The zero-order valence-corrected chi connectivity index (χ0v) is 21.2. The van der Waals surface area contributed by atoms with E-state index in [1.165, 1.54) is 0 Å². The molecule has 0 bridgehead atoms. The van der Waals surface area contributed by atoms with Crippen LogP contribution in [-0.2, 0) is 20.9 Å². The molecule has 1 unspecified atom stereocenters. The van der Waals surface area contributed by atoms with E-state index in [0.29, 0.717) is 35.7 Å². The van der Waals surface area contributed by atoms with Crippen LogP contribution in [0.1, 0.15) is 39.9 Å². The number of likely N-dealkylation sites (N-methyl/N-ethyl adjacent to an activating group) is 2. The minimum absolute atomic E-state index is 0.0410. The standard InChI is InChI=1S/C29H30N4O4/c1-4-37-29(36)21-12-15-23-24(16-21)32-28(35)26(23)27(20-8-6-5-7-9-20)31-22-13-10-19(11-14-22)17-33(3)18-25(34)30-2/h5-16,26H,4,17-18H2,1-3H3,(H,30,34)(H,32,35). The van der Waals surface area contributed by atoms with Crippen molar-refractivity contribution in [3.05, 3.63) is 95.1 Å². The van der Waals surface area contributed by atoms with E-state index in [1.54, 1.807) is 32.2 Å². The molecular weight excluding hydrogens is 468 g/mol. The fourth-order valence-electron chi connectivity index (χ4n) is 4.29. The van der Waals surface area contributed by atoms with E-state index in [4.69, 9.17) is 9.73 Å². The Morgan fingerprint density at radius 2 is 1.76 bits per heavy atom. The average Bonchev–Trinajstić information content (AvgIpc) is 3.23. The first kappa shape index (κ1) is 25.8. The third-order valence-corrected chi connectivity index (χ3v) is 6.07. The molecule has 0 spiro atoms. The molecule has 4 rings (SSSR count). The number of rotatable bonds is 9. The second kappa shape index (κ2) is 11.6. The highest BCUT2D eigenvalue weighted by Gasteiger charge is 2.36. The largest absolute Gasteiger partial charge is 0.462 e. The zero-order valence-electron chi connectivity index (χ0n) is 21.2. The Balaban J connectivity index is 1.65. The van der Waals surface area contributed by atoms with Gasteiger partial charge in [0.25, 0.3) is 0 Å². The Morgan fingerprint density at radius 1 is 1.03 bits per heavy atom. The average molecular weight is 499 g/mol. The minimum atomic E-state index is -0.632. The molecule has 190 valence electrons. The molecule has 0 fully saturated rings. The predicted molar refractivity (Wildman–Crippen MR) is 143 cm³/mol. The zero-order chi connectivity index (χ0) is 26.4. The molecule has 37 heavy (non-hydrogen) atoms. The van der Waals surface area contributed by atoms with Crippen molar-refractivity contribution in [2.45, 2.75) is 19.4 Å². The number of ether oxygens (including phenoxy) is 1. The molecule has 0 saturated carbocycles. The number of carbonyl (C=O) groups is 3. The number of carbonyl (C=O) groups excluding carboxylic acids is 3. The Hall–Kier alpha value is -4.30. The highest BCUT2D eigenvalue weighted by atomic mass is 16.5.